The smallest absolute Gasteiger partial charge is 0.208 e. The molecule has 0 radical (unpaired) electrons. The Labute approximate surface area is 182 Å². The fraction of sp³-hybridized carbons (Fsp3) is 0.500. The van der Waals surface area contributed by atoms with Gasteiger partial charge in [0, 0.05) is 23.3 Å². The number of benzene rings is 1. The molecular formula is C22H29ClN6O. The maximum Gasteiger partial charge on any atom is 0.208 e. The number of aliphatic hydroxyl groups excluding tert-OH is 1. The molecule has 0 aromatic heterocycles. The average Bonchev–Trinajstić information content (AvgIpc) is 3.36. The van der Waals surface area contributed by atoms with Crippen LogP contribution in [0.1, 0.15) is 58.2 Å². The molecule has 0 saturated carbocycles. The van der Waals surface area contributed by atoms with Gasteiger partial charge in [-0.25, -0.2) is 0 Å². The van der Waals surface area contributed by atoms with Crippen LogP contribution in [0.15, 0.2) is 24.3 Å². The SMILES string of the molecule is CC(C)c1nnc2c(Nc3ccc(Cl)cc3)nc(N3CCCC3CO)n(C(C)C)c1-2. The summed E-state index contributed by atoms with van der Waals surface area (Å²) in [5.41, 5.74) is 3.60. The number of nitrogens with one attached hydrogen (secondary N) is 1. The Morgan fingerprint density at radius 1 is 1.17 bits per heavy atom. The quantitative estimate of drug-likeness (QED) is 0.584. The van der Waals surface area contributed by atoms with Crippen LogP contribution >= 0.6 is 11.6 Å². The van der Waals surface area contributed by atoms with Gasteiger partial charge in [-0.2, -0.15) is 10.1 Å². The van der Waals surface area contributed by atoms with Gasteiger partial charge in [0.15, 0.2) is 11.5 Å². The standard InChI is InChI=1S/C22H29ClN6O/c1-13(2)18-20-19(27-26-18)21(24-16-9-7-15(23)8-10-16)25-22(29(20)14(3)4)28-11-5-6-17(28)12-30/h7-10,13-14,17,24,30H,5-6,11-12H2,1-4H3. The number of halogens is 1. The summed E-state index contributed by atoms with van der Waals surface area (Å²) in [5.74, 6) is 1.75. The zero-order valence-corrected chi connectivity index (χ0v) is 18.7. The van der Waals surface area contributed by atoms with Crippen LogP contribution in [0.3, 0.4) is 0 Å². The molecule has 2 N–H and O–H groups in total. The highest BCUT2D eigenvalue weighted by molar-refractivity contribution is 6.30. The number of hydrogen-bond acceptors (Lipinski definition) is 6. The second-order valence-corrected chi connectivity index (χ2v) is 8.90. The third kappa shape index (κ3) is 3.72. The van der Waals surface area contributed by atoms with Crippen LogP contribution in [0.2, 0.25) is 5.02 Å². The highest BCUT2D eigenvalue weighted by atomic mass is 35.5. The number of aromatic nitrogens is 4. The van der Waals surface area contributed by atoms with Gasteiger partial charge in [-0.3, -0.25) is 0 Å². The molecule has 0 aliphatic carbocycles. The van der Waals surface area contributed by atoms with Crippen molar-refractivity contribution in [2.75, 3.05) is 23.4 Å². The van der Waals surface area contributed by atoms with Crippen molar-refractivity contribution in [3.63, 3.8) is 0 Å². The highest BCUT2D eigenvalue weighted by Gasteiger charge is 2.33. The number of rotatable bonds is 6. The molecule has 1 saturated heterocycles. The Kier molecular flexibility index (Phi) is 5.84. The molecule has 1 atom stereocenters. The van der Waals surface area contributed by atoms with Gasteiger partial charge in [0.25, 0.3) is 0 Å². The molecule has 7 nitrogen and oxygen atoms in total. The van der Waals surface area contributed by atoms with Crippen molar-refractivity contribution in [2.24, 2.45) is 0 Å². The summed E-state index contributed by atoms with van der Waals surface area (Å²) in [6.07, 6.45) is 2.00. The van der Waals surface area contributed by atoms with Crippen molar-refractivity contribution in [3.8, 4) is 11.4 Å². The first-order valence-corrected chi connectivity index (χ1v) is 11.0. The minimum Gasteiger partial charge on any atom is -0.394 e. The van der Waals surface area contributed by atoms with Gasteiger partial charge in [-0.1, -0.05) is 25.4 Å². The fourth-order valence-corrected chi connectivity index (χ4v) is 4.28. The fourth-order valence-electron chi connectivity index (χ4n) is 4.15. The van der Waals surface area contributed by atoms with Crippen molar-refractivity contribution in [2.45, 2.75) is 58.5 Å². The Hall–Kier alpha value is -2.38. The van der Waals surface area contributed by atoms with E-state index in [1.165, 1.54) is 0 Å². The van der Waals surface area contributed by atoms with E-state index in [9.17, 15) is 5.11 Å². The van der Waals surface area contributed by atoms with Crippen LogP contribution < -0.4 is 10.2 Å². The molecule has 3 heterocycles. The van der Waals surface area contributed by atoms with Crippen molar-refractivity contribution in [1.29, 1.82) is 0 Å². The lowest BCUT2D eigenvalue weighted by Gasteiger charge is -2.31. The molecule has 8 heteroatoms. The zero-order chi connectivity index (χ0) is 21.4. The predicted molar refractivity (Wildman–Crippen MR) is 121 cm³/mol. The maximum atomic E-state index is 9.94. The largest absolute Gasteiger partial charge is 0.394 e. The molecule has 160 valence electrons. The molecule has 0 bridgehead atoms. The van der Waals surface area contributed by atoms with Crippen molar-refractivity contribution >= 4 is 29.1 Å². The number of anilines is 3. The molecule has 1 unspecified atom stereocenters. The summed E-state index contributed by atoms with van der Waals surface area (Å²) in [6, 6.07) is 7.77. The molecule has 1 aromatic carbocycles. The molecule has 1 aromatic rings. The zero-order valence-electron chi connectivity index (χ0n) is 17.9. The third-order valence-corrected chi connectivity index (χ3v) is 5.88. The predicted octanol–water partition coefficient (Wildman–Crippen LogP) is 4.84. The van der Waals surface area contributed by atoms with Gasteiger partial charge in [0.1, 0.15) is 0 Å². The molecule has 30 heavy (non-hydrogen) atoms. The molecule has 3 aliphatic heterocycles. The van der Waals surface area contributed by atoms with Gasteiger partial charge in [0.05, 0.1) is 24.0 Å². The van der Waals surface area contributed by atoms with E-state index < -0.39 is 0 Å². The maximum absolute atomic E-state index is 9.94. The van der Waals surface area contributed by atoms with Crippen LogP contribution in [0.25, 0.3) is 11.4 Å². The van der Waals surface area contributed by atoms with E-state index in [0.29, 0.717) is 10.8 Å². The second-order valence-electron chi connectivity index (χ2n) is 8.47. The van der Waals surface area contributed by atoms with Crippen molar-refractivity contribution < 1.29 is 5.11 Å². The number of aliphatic hydroxyl groups is 1. The van der Waals surface area contributed by atoms with E-state index in [1.54, 1.807) is 0 Å². The minimum absolute atomic E-state index is 0.0710. The van der Waals surface area contributed by atoms with E-state index >= 15 is 0 Å². The number of fused-ring (bicyclic) bond motifs is 1. The van der Waals surface area contributed by atoms with Crippen LogP contribution in [0.5, 0.6) is 0 Å². The summed E-state index contributed by atoms with van der Waals surface area (Å²) in [5, 5.41) is 23.1. The number of hydrogen-bond donors (Lipinski definition) is 2. The molecule has 1 fully saturated rings. The van der Waals surface area contributed by atoms with E-state index in [-0.39, 0.29) is 24.6 Å². The van der Waals surface area contributed by atoms with Gasteiger partial charge in [-0.15, -0.1) is 5.10 Å². The molecular weight excluding hydrogens is 400 g/mol. The first-order chi connectivity index (χ1) is 14.4. The Balaban J connectivity index is 1.92. The molecule has 0 spiro atoms. The van der Waals surface area contributed by atoms with Crippen molar-refractivity contribution in [3.05, 3.63) is 35.0 Å². The second kappa shape index (κ2) is 8.40. The lowest BCUT2D eigenvalue weighted by molar-refractivity contribution is 0.264. The van der Waals surface area contributed by atoms with E-state index in [4.69, 9.17) is 16.6 Å². The van der Waals surface area contributed by atoms with E-state index in [2.05, 4.69) is 52.7 Å². The minimum atomic E-state index is 0.0710. The Bertz CT molecular complexity index is 984. The van der Waals surface area contributed by atoms with Crippen LogP contribution in [-0.4, -0.2) is 44.0 Å². The van der Waals surface area contributed by atoms with Gasteiger partial charge in [-0.05, 0) is 56.9 Å². The normalized spacial score (nSPS) is 16.9. The summed E-state index contributed by atoms with van der Waals surface area (Å²) >= 11 is 6.05. The monoisotopic (exact) mass is 428 g/mol. The first-order valence-electron chi connectivity index (χ1n) is 10.6. The Morgan fingerprint density at radius 2 is 1.90 bits per heavy atom. The third-order valence-electron chi connectivity index (χ3n) is 5.63. The van der Waals surface area contributed by atoms with Gasteiger partial charge in [0.2, 0.25) is 5.95 Å². The highest BCUT2D eigenvalue weighted by Crippen LogP contribution is 2.40. The van der Waals surface area contributed by atoms with Gasteiger partial charge >= 0.3 is 0 Å². The van der Waals surface area contributed by atoms with Crippen LogP contribution in [0, 0.1) is 0 Å². The summed E-state index contributed by atoms with van der Waals surface area (Å²) in [4.78, 5) is 7.25. The lowest BCUT2D eigenvalue weighted by Crippen LogP contribution is -2.36. The van der Waals surface area contributed by atoms with E-state index in [0.717, 1.165) is 48.1 Å². The Morgan fingerprint density at radius 3 is 2.53 bits per heavy atom. The molecule has 0 amide bonds. The van der Waals surface area contributed by atoms with Crippen LogP contribution in [0.4, 0.5) is 17.5 Å². The number of nitrogens with zero attached hydrogens (tertiary/aromatic N) is 5. The topological polar surface area (TPSA) is 79.1 Å². The summed E-state index contributed by atoms with van der Waals surface area (Å²) in [7, 11) is 0. The first kappa shape index (κ1) is 20.9. The summed E-state index contributed by atoms with van der Waals surface area (Å²) < 4.78 is 2.23. The van der Waals surface area contributed by atoms with Gasteiger partial charge < -0.3 is 19.9 Å². The van der Waals surface area contributed by atoms with Crippen molar-refractivity contribution in [1.82, 2.24) is 19.7 Å². The molecule has 3 aliphatic rings. The lowest BCUT2D eigenvalue weighted by atomic mass is 10.1. The van der Waals surface area contributed by atoms with E-state index in [1.807, 2.05) is 24.3 Å². The summed E-state index contributed by atoms with van der Waals surface area (Å²) in [6.45, 7) is 9.55. The average molecular weight is 429 g/mol. The van der Waals surface area contributed by atoms with Crippen LogP contribution in [-0.2, 0) is 0 Å². The molecule has 4 rings (SSSR count).